The number of carbonyl (C=O) groups excluding carboxylic acids is 1. The van der Waals surface area contributed by atoms with Gasteiger partial charge in [-0.25, -0.2) is 4.79 Å². The zero-order chi connectivity index (χ0) is 16.0. The van der Waals surface area contributed by atoms with Crippen molar-refractivity contribution in [3.8, 4) is 0 Å². The molecule has 0 aromatic heterocycles. The molecule has 3 nitrogen and oxygen atoms in total. The first-order chi connectivity index (χ1) is 9.68. The highest BCUT2D eigenvalue weighted by Crippen LogP contribution is 2.29. The third kappa shape index (κ3) is 6.51. The summed E-state index contributed by atoms with van der Waals surface area (Å²) in [5.41, 5.74) is 0.0844. The fourth-order valence-corrected chi connectivity index (χ4v) is 1.81. The van der Waals surface area contributed by atoms with Crippen LogP contribution in [0.4, 0.5) is 18.0 Å². The van der Waals surface area contributed by atoms with Gasteiger partial charge in [0, 0.05) is 12.6 Å². The molecule has 1 aromatic carbocycles. The van der Waals surface area contributed by atoms with E-state index in [0.717, 1.165) is 17.7 Å². The Labute approximate surface area is 122 Å². The summed E-state index contributed by atoms with van der Waals surface area (Å²) in [6.45, 7) is 6.38. The zero-order valence-corrected chi connectivity index (χ0v) is 12.4. The van der Waals surface area contributed by atoms with Gasteiger partial charge in [-0.2, -0.15) is 13.2 Å². The lowest BCUT2D eigenvalue weighted by Crippen LogP contribution is -2.42. The molecule has 0 spiro atoms. The Kier molecular flexibility index (Phi) is 6.05. The summed E-state index contributed by atoms with van der Waals surface area (Å²) in [5, 5.41) is 5.49. The van der Waals surface area contributed by atoms with E-state index in [1.807, 2.05) is 20.8 Å². The number of alkyl halides is 3. The molecule has 1 atom stereocenters. The van der Waals surface area contributed by atoms with E-state index in [4.69, 9.17) is 0 Å². The van der Waals surface area contributed by atoms with Gasteiger partial charge in [-0.1, -0.05) is 26.0 Å². The molecule has 0 saturated heterocycles. The summed E-state index contributed by atoms with van der Waals surface area (Å²) in [4.78, 5) is 11.6. The van der Waals surface area contributed by atoms with Gasteiger partial charge >= 0.3 is 12.2 Å². The van der Waals surface area contributed by atoms with Crippen LogP contribution in [0.1, 0.15) is 31.9 Å². The first-order valence-corrected chi connectivity index (χ1v) is 6.89. The van der Waals surface area contributed by atoms with Crippen LogP contribution in [0, 0.1) is 5.92 Å². The van der Waals surface area contributed by atoms with Crippen molar-refractivity contribution in [2.24, 2.45) is 5.92 Å². The van der Waals surface area contributed by atoms with Crippen LogP contribution in [0.3, 0.4) is 0 Å². The van der Waals surface area contributed by atoms with Gasteiger partial charge in [0.25, 0.3) is 0 Å². The maximum atomic E-state index is 12.4. The lowest BCUT2D eigenvalue weighted by molar-refractivity contribution is -0.137. The lowest BCUT2D eigenvalue weighted by Gasteiger charge is -2.16. The summed E-state index contributed by atoms with van der Waals surface area (Å²) in [6, 6.07) is 4.57. The van der Waals surface area contributed by atoms with Crippen LogP contribution in [-0.2, 0) is 12.6 Å². The molecule has 1 unspecified atom stereocenters. The second kappa shape index (κ2) is 7.33. The standard InChI is InChI=1S/C15H21F3N2O/c1-10(2)9-19-14(21)20-11(3)8-12-4-6-13(7-5-12)15(16,17)18/h4-7,10-11H,8-9H2,1-3H3,(H2,19,20,21). The van der Waals surface area contributed by atoms with Crippen molar-refractivity contribution in [1.82, 2.24) is 10.6 Å². The maximum Gasteiger partial charge on any atom is 0.416 e. The van der Waals surface area contributed by atoms with E-state index < -0.39 is 11.7 Å². The summed E-state index contributed by atoms with van der Waals surface area (Å²) in [5.74, 6) is 0.362. The third-order valence-corrected chi connectivity index (χ3v) is 2.87. The number of carbonyl (C=O) groups is 1. The SMILES string of the molecule is CC(C)CNC(=O)NC(C)Cc1ccc(C(F)(F)F)cc1. The van der Waals surface area contributed by atoms with E-state index in [1.54, 1.807) is 0 Å². The predicted octanol–water partition coefficient (Wildman–Crippen LogP) is 3.59. The number of halogens is 3. The van der Waals surface area contributed by atoms with Crippen molar-refractivity contribution < 1.29 is 18.0 Å². The number of nitrogens with one attached hydrogen (secondary N) is 2. The third-order valence-electron chi connectivity index (χ3n) is 2.87. The van der Waals surface area contributed by atoms with E-state index in [1.165, 1.54) is 12.1 Å². The van der Waals surface area contributed by atoms with Crippen molar-refractivity contribution in [1.29, 1.82) is 0 Å². The Bertz CT molecular complexity index is 455. The average Bonchev–Trinajstić information content (AvgIpc) is 2.35. The van der Waals surface area contributed by atoms with Crippen molar-refractivity contribution in [2.75, 3.05) is 6.54 Å². The van der Waals surface area contributed by atoms with Gasteiger partial charge < -0.3 is 10.6 Å². The Morgan fingerprint density at radius 2 is 1.71 bits per heavy atom. The molecule has 0 aliphatic rings. The molecule has 0 aliphatic heterocycles. The van der Waals surface area contributed by atoms with Crippen LogP contribution in [-0.4, -0.2) is 18.6 Å². The molecule has 0 radical (unpaired) electrons. The van der Waals surface area contributed by atoms with Crippen molar-refractivity contribution in [3.05, 3.63) is 35.4 Å². The molecule has 6 heteroatoms. The molecule has 0 fully saturated rings. The molecule has 0 saturated carbocycles. The minimum Gasteiger partial charge on any atom is -0.338 e. The Morgan fingerprint density at radius 3 is 2.19 bits per heavy atom. The van der Waals surface area contributed by atoms with Crippen molar-refractivity contribution in [2.45, 2.75) is 39.4 Å². The van der Waals surface area contributed by atoms with Crippen LogP contribution in [0.5, 0.6) is 0 Å². The first-order valence-electron chi connectivity index (χ1n) is 6.89. The number of hydrogen-bond donors (Lipinski definition) is 2. The molecule has 0 aliphatic carbocycles. The summed E-state index contributed by atoms with van der Waals surface area (Å²) in [7, 11) is 0. The maximum absolute atomic E-state index is 12.4. The minimum atomic E-state index is -4.32. The lowest BCUT2D eigenvalue weighted by atomic mass is 10.1. The molecule has 2 N–H and O–H groups in total. The predicted molar refractivity (Wildman–Crippen MR) is 76.0 cm³/mol. The normalized spacial score (nSPS) is 13.1. The van der Waals surface area contributed by atoms with Crippen LogP contribution in [0.15, 0.2) is 24.3 Å². The van der Waals surface area contributed by atoms with Gasteiger partial charge in [0.05, 0.1) is 5.56 Å². The molecular formula is C15H21F3N2O. The Morgan fingerprint density at radius 1 is 1.14 bits per heavy atom. The van der Waals surface area contributed by atoms with E-state index in [9.17, 15) is 18.0 Å². The van der Waals surface area contributed by atoms with E-state index in [-0.39, 0.29) is 12.1 Å². The summed E-state index contributed by atoms with van der Waals surface area (Å²) in [6.07, 6.45) is -3.84. The number of rotatable bonds is 5. The van der Waals surface area contributed by atoms with Gasteiger partial charge in [-0.15, -0.1) is 0 Å². The summed E-state index contributed by atoms with van der Waals surface area (Å²) >= 11 is 0. The highest BCUT2D eigenvalue weighted by atomic mass is 19.4. The molecule has 118 valence electrons. The molecule has 0 heterocycles. The summed E-state index contributed by atoms with van der Waals surface area (Å²) < 4.78 is 37.3. The van der Waals surface area contributed by atoms with Crippen LogP contribution >= 0.6 is 0 Å². The number of hydrogen-bond acceptors (Lipinski definition) is 1. The second-order valence-electron chi connectivity index (χ2n) is 5.55. The highest BCUT2D eigenvalue weighted by Gasteiger charge is 2.29. The molecule has 0 bridgehead atoms. The number of amides is 2. The van der Waals surface area contributed by atoms with Crippen LogP contribution in [0.25, 0.3) is 0 Å². The Balaban J connectivity index is 2.48. The zero-order valence-electron chi connectivity index (χ0n) is 12.4. The fraction of sp³-hybridized carbons (Fsp3) is 0.533. The van der Waals surface area contributed by atoms with Gasteiger partial charge in [-0.05, 0) is 37.0 Å². The van der Waals surface area contributed by atoms with Crippen molar-refractivity contribution in [3.63, 3.8) is 0 Å². The minimum absolute atomic E-state index is 0.158. The smallest absolute Gasteiger partial charge is 0.338 e. The van der Waals surface area contributed by atoms with Gasteiger partial charge in [0.15, 0.2) is 0 Å². The van der Waals surface area contributed by atoms with Gasteiger partial charge in [-0.3, -0.25) is 0 Å². The first kappa shape index (κ1) is 17.3. The quantitative estimate of drug-likeness (QED) is 0.857. The van der Waals surface area contributed by atoms with E-state index >= 15 is 0 Å². The van der Waals surface area contributed by atoms with Crippen LogP contribution in [0.2, 0.25) is 0 Å². The largest absolute Gasteiger partial charge is 0.416 e. The number of urea groups is 1. The van der Waals surface area contributed by atoms with Crippen molar-refractivity contribution >= 4 is 6.03 Å². The highest BCUT2D eigenvalue weighted by molar-refractivity contribution is 5.74. The fourth-order valence-electron chi connectivity index (χ4n) is 1.81. The van der Waals surface area contributed by atoms with E-state index in [0.29, 0.717) is 18.9 Å². The molecule has 21 heavy (non-hydrogen) atoms. The molecular weight excluding hydrogens is 281 g/mol. The molecule has 2 amide bonds. The number of benzene rings is 1. The van der Waals surface area contributed by atoms with E-state index in [2.05, 4.69) is 10.6 Å². The Hall–Kier alpha value is -1.72. The average molecular weight is 302 g/mol. The second-order valence-corrected chi connectivity index (χ2v) is 5.55. The molecule has 1 rings (SSSR count). The van der Waals surface area contributed by atoms with Gasteiger partial charge in [0.1, 0.15) is 0 Å². The topological polar surface area (TPSA) is 41.1 Å². The monoisotopic (exact) mass is 302 g/mol. The van der Waals surface area contributed by atoms with Crippen LogP contribution < -0.4 is 10.6 Å². The molecule has 1 aromatic rings. The van der Waals surface area contributed by atoms with Gasteiger partial charge in [0.2, 0.25) is 0 Å².